The number of halogens is 1. The summed E-state index contributed by atoms with van der Waals surface area (Å²) in [4.78, 5) is 4.86. The first-order valence-corrected chi connectivity index (χ1v) is 7.64. The highest BCUT2D eigenvalue weighted by atomic mass is 35.5. The molecular weight excluding hydrogens is 294 g/mol. The standard InChI is InChI=1S/C14H12ClN3OS/c15-12-6-7-14(18-13(12)10-16)17-8-9-20(19)11-4-2-1-3-5-11/h1-7H,8-9H2,(H,17,18)/t20-/m1/s1. The van der Waals surface area contributed by atoms with Crippen molar-refractivity contribution in [3.8, 4) is 6.07 Å². The van der Waals surface area contributed by atoms with Gasteiger partial charge in [-0.3, -0.25) is 4.21 Å². The summed E-state index contributed by atoms with van der Waals surface area (Å²) in [7, 11) is -1.05. The Balaban J connectivity index is 1.91. The van der Waals surface area contributed by atoms with Crippen molar-refractivity contribution in [1.29, 1.82) is 5.26 Å². The molecule has 102 valence electrons. The molecule has 1 N–H and O–H groups in total. The Morgan fingerprint density at radius 1 is 1.25 bits per heavy atom. The van der Waals surface area contributed by atoms with E-state index in [1.165, 1.54) is 0 Å². The second-order valence-electron chi connectivity index (χ2n) is 3.93. The van der Waals surface area contributed by atoms with E-state index in [4.69, 9.17) is 16.9 Å². The van der Waals surface area contributed by atoms with E-state index in [9.17, 15) is 4.21 Å². The lowest BCUT2D eigenvalue weighted by Gasteiger charge is -2.06. The number of nitrogens with one attached hydrogen (secondary N) is 1. The van der Waals surface area contributed by atoms with Crippen molar-refractivity contribution >= 4 is 28.2 Å². The highest BCUT2D eigenvalue weighted by Crippen LogP contribution is 2.15. The Hall–Kier alpha value is -1.90. The first-order chi connectivity index (χ1) is 9.70. The summed E-state index contributed by atoms with van der Waals surface area (Å²) in [6.07, 6.45) is 0. The number of nitriles is 1. The van der Waals surface area contributed by atoms with Crippen molar-refractivity contribution in [3.63, 3.8) is 0 Å². The van der Waals surface area contributed by atoms with Gasteiger partial charge in [0, 0.05) is 17.2 Å². The van der Waals surface area contributed by atoms with Gasteiger partial charge in [0.05, 0.1) is 15.8 Å². The van der Waals surface area contributed by atoms with Crippen LogP contribution in [0.2, 0.25) is 5.02 Å². The fraction of sp³-hybridized carbons (Fsp3) is 0.143. The van der Waals surface area contributed by atoms with Crippen LogP contribution in [0.1, 0.15) is 5.69 Å². The number of anilines is 1. The maximum absolute atomic E-state index is 12.0. The minimum atomic E-state index is -1.05. The lowest BCUT2D eigenvalue weighted by atomic mass is 10.3. The summed E-state index contributed by atoms with van der Waals surface area (Å²) in [6, 6.07) is 14.5. The number of pyridine rings is 1. The molecule has 1 heterocycles. The lowest BCUT2D eigenvalue weighted by molar-refractivity contribution is 0.683. The Kier molecular flexibility index (Phi) is 5.10. The van der Waals surface area contributed by atoms with E-state index < -0.39 is 10.8 Å². The third-order valence-corrected chi connectivity index (χ3v) is 4.23. The van der Waals surface area contributed by atoms with Gasteiger partial charge in [0.25, 0.3) is 0 Å². The molecular formula is C14H12ClN3OS. The Labute approximate surface area is 124 Å². The third kappa shape index (κ3) is 3.80. The number of nitrogens with zero attached hydrogens (tertiary/aromatic N) is 2. The molecule has 0 aliphatic heterocycles. The monoisotopic (exact) mass is 305 g/mol. The van der Waals surface area contributed by atoms with E-state index in [-0.39, 0.29) is 5.69 Å². The number of hydrogen-bond donors (Lipinski definition) is 1. The molecule has 2 rings (SSSR count). The Morgan fingerprint density at radius 2 is 2.00 bits per heavy atom. The van der Waals surface area contributed by atoms with Gasteiger partial charge in [-0.1, -0.05) is 29.8 Å². The zero-order valence-corrected chi connectivity index (χ0v) is 12.1. The van der Waals surface area contributed by atoms with Crippen LogP contribution in [0.4, 0.5) is 5.82 Å². The fourth-order valence-corrected chi connectivity index (χ4v) is 2.71. The van der Waals surface area contributed by atoms with Gasteiger partial charge in [-0.15, -0.1) is 0 Å². The second kappa shape index (κ2) is 7.04. The van der Waals surface area contributed by atoms with Gasteiger partial charge < -0.3 is 5.32 Å². The number of rotatable bonds is 5. The average Bonchev–Trinajstić information content (AvgIpc) is 2.49. The van der Waals surface area contributed by atoms with Gasteiger partial charge in [0.15, 0.2) is 5.69 Å². The molecule has 20 heavy (non-hydrogen) atoms. The summed E-state index contributed by atoms with van der Waals surface area (Å²) in [6.45, 7) is 0.501. The van der Waals surface area contributed by atoms with Gasteiger partial charge in [-0.05, 0) is 24.3 Å². The SMILES string of the molecule is N#Cc1nc(NCC[S@@](=O)c2ccccc2)ccc1Cl. The average molecular weight is 306 g/mol. The topological polar surface area (TPSA) is 65.8 Å². The van der Waals surface area contributed by atoms with Crippen LogP contribution in [-0.2, 0) is 10.8 Å². The van der Waals surface area contributed by atoms with E-state index in [2.05, 4.69) is 10.3 Å². The fourth-order valence-electron chi connectivity index (χ4n) is 1.58. The largest absolute Gasteiger partial charge is 0.369 e. The number of benzene rings is 1. The van der Waals surface area contributed by atoms with Gasteiger partial charge in [0.1, 0.15) is 11.9 Å². The number of aromatic nitrogens is 1. The minimum Gasteiger partial charge on any atom is -0.369 e. The van der Waals surface area contributed by atoms with Crippen molar-refractivity contribution in [2.24, 2.45) is 0 Å². The van der Waals surface area contributed by atoms with Gasteiger partial charge in [-0.2, -0.15) is 5.26 Å². The summed E-state index contributed by atoms with van der Waals surface area (Å²) in [5.74, 6) is 1.02. The van der Waals surface area contributed by atoms with Crippen LogP contribution in [0.15, 0.2) is 47.4 Å². The van der Waals surface area contributed by atoms with E-state index in [0.29, 0.717) is 23.1 Å². The lowest BCUT2D eigenvalue weighted by Crippen LogP contribution is -2.12. The maximum Gasteiger partial charge on any atom is 0.161 e. The molecule has 0 fully saturated rings. The molecule has 0 radical (unpaired) electrons. The predicted molar refractivity (Wildman–Crippen MR) is 80.2 cm³/mol. The molecule has 6 heteroatoms. The summed E-state index contributed by atoms with van der Waals surface area (Å²) < 4.78 is 12.0. The highest BCUT2D eigenvalue weighted by molar-refractivity contribution is 7.85. The van der Waals surface area contributed by atoms with E-state index in [1.54, 1.807) is 12.1 Å². The zero-order valence-electron chi connectivity index (χ0n) is 10.5. The first-order valence-electron chi connectivity index (χ1n) is 5.94. The van der Waals surface area contributed by atoms with Crippen LogP contribution in [-0.4, -0.2) is 21.5 Å². The normalized spacial score (nSPS) is 11.6. The van der Waals surface area contributed by atoms with Gasteiger partial charge >= 0.3 is 0 Å². The smallest absolute Gasteiger partial charge is 0.161 e. The van der Waals surface area contributed by atoms with Crippen LogP contribution < -0.4 is 5.32 Å². The highest BCUT2D eigenvalue weighted by Gasteiger charge is 2.05. The van der Waals surface area contributed by atoms with E-state index in [0.717, 1.165) is 4.90 Å². The summed E-state index contributed by atoms with van der Waals surface area (Å²) >= 11 is 5.80. The summed E-state index contributed by atoms with van der Waals surface area (Å²) in [5, 5.41) is 12.2. The van der Waals surface area contributed by atoms with Crippen molar-refractivity contribution in [2.75, 3.05) is 17.6 Å². The third-order valence-electron chi connectivity index (χ3n) is 2.55. The van der Waals surface area contributed by atoms with E-state index >= 15 is 0 Å². The molecule has 0 amide bonds. The van der Waals surface area contributed by atoms with Crippen molar-refractivity contribution in [3.05, 3.63) is 53.2 Å². The quantitative estimate of drug-likeness (QED) is 0.922. The van der Waals surface area contributed by atoms with Crippen molar-refractivity contribution in [1.82, 2.24) is 4.98 Å². The molecule has 0 unspecified atom stereocenters. The van der Waals surface area contributed by atoms with Crippen LogP contribution in [0.3, 0.4) is 0 Å². The molecule has 0 bridgehead atoms. The molecule has 1 aromatic carbocycles. The van der Waals surface area contributed by atoms with E-state index in [1.807, 2.05) is 36.4 Å². The molecule has 0 saturated carbocycles. The number of hydrogen-bond acceptors (Lipinski definition) is 4. The molecule has 0 saturated heterocycles. The summed E-state index contributed by atoms with van der Waals surface area (Å²) in [5.41, 5.74) is 0.181. The Bertz CT molecular complexity index is 655. The van der Waals surface area contributed by atoms with Crippen LogP contribution in [0.25, 0.3) is 0 Å². The first kappa shape index (κ1) is 14.5. The molecule has 1 atom stereocenters. The molecule has 0 aliphatic rings. The molecule has 1 aromatic heterocycles. The van der Waals surface area contributed by atoms with Crippen molar-refractivity contribution < 1.29 is 4.21 Å². The van der Waals surface area contributed by atoms with Gasteiger partial charge in [0.2, 0.25) is 0 Å². The predicted octanol–water partition coefficient (Wildman–Crippen LogP) is 2.83. The second-order valence-corrected chi connectivity index (χ2v) is 5.91. The van der Waals surface area contributed by atoms with Crippen LogP contribution >= 0.6 is 11.6 Å². The maximum atomic E-state index is 12.0. The Morgan fingerprint density at radius 3 is 2.70 bits per heavy atom. The van der Waals surface area contributed by atoms with Gasteiger partial charge in [-0.25, -0.2) is 4.98 Å². The van der Waals surface area contributed by atoms with Crippen LogP contribution in [0, 0.1) is 11.3 Å². The van der Waals surface area contributed by atoms with Crippen LogP contribution in [0.5, 0.6) is 0 Å². The molecule has 0 spiro atoms. The van der Waals surface area contributed by atoms with Crippen molar-refractivity contribution in [2.45, 2.75) is 4.90 Å². The molecule has 2 aromatic rings. The minimum absolute atomic E-state index is 0.181. The zero-order chi connectivity index (χ0) is 14.4. The molecule has 4 nitrogen and oxygen atoms in total. The molecule has 0 aliphatic carbocycles.